The first-order chi connectivity index (χ1) is 8.22. The summed E-state index contributed by atoms with van der Waals surface area (Å²) in [5.41, 5.74) is 0. The molecule has 96 valence electrons. The van der Waals surface area contributed by atoms with Gasteiger partial charge >= 0.3 is 0 Å². The molecule has 0 saturated heterocycles. The molecular formula is C12H23N5. The van der Waals surface area contributed by atoms with Crippen molar-refractivity contribution in [3.05, 3.63) is 5.82 Å². The van der Waals surface area contributed by atoms with Crippen molar-refractivity contribution >= 4 is 0 Å². The van der Waals surface area contributed by atoms with E-state index in [9.17, 15) is 0 Å². The van der Waals surface area contributed by atoms with Crippen molar-refractivity contribution < 1.29 is 0 Å². The van der Waals surface area contributed by atoms with Crippen molar-refractivity contribution in [1.29, 1.82) is 0 Å². The van der Waals surface area contributed by atoms with Crippen molar-refractivity contribution in [3.63, 3.8) is 0 Å². The monoisotopic (exact) mass is 237 g/mol. The van der Waals surface area contributed by atoms with Gasteiger partial charge in [0.2, 0.25) is 0 Å². The van der Waals surface area contributed by atoms with E-state index in [0.717, 1.165) is 18.3 Å². The van der Waals surface area contributed by atoms with Gasteiger partial charge in [-0.2, -0.15) is 0 Å². The fraction of sp³-hybridized carbons (Fsp3) is 0.917. The fourth-order valence-corrected chi connectivity index (χ4v) is 2.63. The molecule has 0 spiro atoms. The quantitative estimate of drug-likeness (QED) is 0.871. The van der Waals surface area contributed by atoms with Crippen molar-refractivity contribution in [3.8, 4) is 0 Å². The fourth-order valence-electron chi connectivity index (χ4n) is 2.63. The minimum absolute atomic E-state index is 0.231. The van der Waals surface area contributed by atoms with E-state index in [1.807, 2.05) is 4.68 Å². The van der Waals surface area contributed by atoms with Crippen molar-refractivity contribution in [2.75, 3.05) is 6.54 Å². The van der Waals surface area contributed by atoms with Crippen LogP contribution in [0.2, 0.25) is 0 Å². The number of tetrazole rings is 1. The molecule has 1 aromatic rings. The second-order valence-electron chi connectivity index (χ2n) is 5.17. The summed E-state index contributed by atoms with van der Waals surface area (Å²) in [6, 6.07) is 0.728. The number of rotatable bonds is 4. The van der Waals surface area contributed by atoms with Gasteiger partial charge in [-0.05, 0) is 55.5 Å². The third-order valence-electron chi connectivity index (χ3n) is 3.75. The van der Waals surface area contributed by atoms with Crippen LogP contribution in [0.15, 0.2) is 0 Å². The molecule has 1 aliphatic rings. The van der Waals surface area contributed by atoms with E-state index in [4.69, 9.17) is 0 Å². The highest BCUT2D eigenvalue weighted by Crippen LogP contribution is 2.32. The zero-order valence-electron chi connectivity index (χ0n) is 11.1. The topological polar surface area (TPSA) is 55.6 Å². The predicted molar refractivity (Wildman–Crippen MR) is 66.6 cm³/mol. The summed E-state index contributed by atoms with van der Waals surface area (Å²) in [5.74, 6) is 1.84. The van der Waals surface area contributed by atoms with Gasteiger partial charge in [-0.15, -0.1) is 5.10 Å². The van der Waals surface area contributed by atoms with Gasteiger partial charge in [0.25, 0.3) is 0 Å². The van der Waals surface area contributed by atoms with Gasteiger partial charge in [0.1, 0.15) is 0 Å². The van der Waals surface area contributed by atoms with E-state index in [2.05, 4.69) is 41.6 Å². The maximum Gasteiger partial charge on any atom is 0.168 e. The second-order valence-corrected chi connectivity index (χ2v) is 5.17. The first-order valence-electron chi connectivity index (χ1n) is 6.73. The Kier molecular flexibility index (Phi) is 4.10. The molecular weight excluding hydrogens is 214 g/mol. The molecule has 0 radical (unpaired) electrons. The van der Waals surface area contributed by atoms with Gasteiger partial charge < -0.3 is 5.32 Å². The summed E-state index contributed by atoms with van der Waals surface area (Å²) in [6.45, 7) is 7.50. The third kappa shape index (κ3) is 2.83. The van der Waals surface area contributed by atoms with Gasteiger partial charge in [-0.1, -0.05) is 13.8 Å². The van der Waals surface area contributed by atoms with Crippen LogP contribution in [0.3, 0.4) is 0 Å². The summed E-state index contributed by atoms with van der Waals surface area (Å²) in [7, 11) is 0. The summed E-state index contributed by atoms with van der Waals surface area (Å²) < 4.78 is 2.04. The van der Waals surface area contributed by atoms with Gasteiger partial charge in [0.15, 0.2) is 5.82 Å². The highest BCUT2D eigenvalue weighted by molar-refractivity contribution is 4.92. The Balaban J connectivity index is 2.08. The molecule has 1 N–H and O–H groups in total. The number of hydrogen-bond donors (Lipinski definition) is 1. The normalized spacial score (nSPS) is 27.0. The number of nitrogens with one attached hydrogen (secondary N) is 1. The molecule has 1 unspecified atom stereocenters. The Bertz CT molecular complexity index is 340. The Hall–Kier alpha value is -0.970. The van der Waals surface area contributed by atoms with Crippen LogP contribution in [-0.2, 0) is 0 Å². The molecule has 17 heavy (non-hydrogen) atoms. The lowest BCUT2D eigenvalue weighted by molar-refractivity contribution is 0.261. The molecule has 5 heteroatoms. The predicted octanol–water partition coefficient (Wildman–Crippen LogP) is 2.09. The van der Waals surface area contributed by atoms with E-state index in [1.165, 1.54) is 25.7 Å². The molecule has 0 aliphatic heterocycles. The molecule has 1 aromatic heterocycles. The Morgan fingerprint density at radius 1 is 1.35 bits per heavy atom. The van der Waals surface area contributed by atoms with E-state index in [1.54, 1.807) is 0 Å². The average molecular weight is 237 g/mol. The van der Waals surface area contributed by atoms with Crippen LogP contribution in [0.25, 0.3) is 0 Å². The smallest absolute Gasteiger partial charge is 0.168 e. The van der Waals surface area contributed by atoms with Gasteiger partial charge in [-0.25, -0.2) is 4.68 Å². The molecule has 1 atom stereocenters. The maximum atomic E-state index is 4.18. The van der Waals surface area contributed by atoms with E-state index >= 15 is 0 Å². The maximum absolute atomic E-state index is 4.18. The summed E-state index contributed by atoms with van der Waals surface area (Å²) in [6.07, 6.45) is 5.00. The van der Waals surface area contributed by atoms with Crippen LogP contribution in [-0.4, -0.2) is 26.8 Å². The zero-order valence-corrected chi connectivity index (χ0v) is 11.1. The lowest BCUT2D eigenvalue weighted by Crippen LogP contribution is -2.26. The molecule has 0 amide bonds. The number of aromatic nitrogens is 4. The minimum Gasteiger partial charge on any atom is -0.308 e. The number of hydrogen-bond acceptors (Lipinski definition) is 4. The summed E-state index contributed by atoms with van der Waals surface area (Å²) >= 11 is 0. The Labute approximate surface area is 103 Å². The zero-order chi connectivity index (χ0) is 12.3. The molecule has 2 rings (SSSR count). The van der Waals surface area contributed by atoms with E-state index < -0.39 is 0 Å². The van der Waals surface area contributed by atoms with E-state index in [-0.39, 0.29) is 6.04 Å². The largest absolute Gasteiger partial charge is 0.308 e. The highest BCUT2D eigenvalue weighted by atomic mass is 15.6. The molecule has 1 saturated carbocycles. The molecule has 0 aromatic carbocycles. The van der Waals surface area contributed by atoms with Crippen molar-refractivity contribution in [1.82, 2.24) is 25.5 Å². The van der Waals surface area contributed by atoms with Gasteiger partial charge in [0.05, 0.1) is 12.1 Å². The van der Waals surface area contributed by atoms with Crippen LogP contribution in [0.5, 0.6) is 0 Å². The molecule has 5 nitrogen and oxygen atoms in total. The van der Waals surface area contributed by atoms with Crippen molar-refractivity contribution in [2.45, 2.75) is 58.5 Å². The van der Waals surface area contributed by atoms with Crippen LogP contribution in [0, 0.1) is 5.92 Å². The average Bonchev–Trinajstić information content (AvgIpc) is 2.79. The van der Waals surface area contributed by atoms with Crippen LogP contribution >= 0.6 is 0 Å². The molecule has 0 bridgehead atoms. The van der Waals surface area contributed by atoms with E-state index in [0.29, 0.717) is 6.04 Å². The molecule has 1 aliphatic carbocycles. The Morgan fingerprint density at radius 3 is 2.71 bits per heavy atom. The summed E-state index contributed by atoms with van der Waals surface area (Å²) in [5, 5.41) is 15.6. The second kappa shape index (κ2) is 5.58. The van der Waals surface area contributed by atoms with Gasteiger partial charge in [-0.3, -0.25) is 0 Å². The molecule has 1 heterocycles. The standard InChI is InChI=1S/C12H23N5/c1-4-13-10(3)12-14-15-16-17(12)11-7-5-9(2)6-8-11/h9-11,13H,4-8H2,1-3H3. The van der Waals surface area contributed by atoms with Gasteiger partial charge in [0, 0.05) is 0 Å². The highest BCUT2D eigenvalue weighted by Gasteiger charge is 2.24. The molecule has 1 fully saturated rings. The van der Waals surface area contributed by atoms with Crippen LogP contribution in [0.4, 0.5) is 0 Å². The third-order valence-corrected chi connectivity index (χ3v) is 3.75. The SMILES string of the molecule is CCNC(C)c1nnnn1C1CCC(C)CC1. The van der Waals surface area contributed by atoms with Crippen LogP contribution < -0.4 is 5.32 Å². The lowest BCUT2D eigenvalue weighted by Gasteiger charge is -2.27. The lowest BCUT2D eigenvalue weighted by atomic mass is 9.87. The first-order valence-corrected chi connectivity index (χ1v) is 6.73. The first kappa shape index (κ1) is 12.5. The number of nitrogens with zero attached hydrogens (tertiary/aromatic N) is 4. The minimum atomic E-state index is 0.231. The summed E-state index contributed by atoms with van der Waals surface area (Å²) in [4.78, 5) is 0. The van der Waals surface area contributed by atoms with Crippen molar-refractivity contribution in [2.24, 2.45) is 5.92 Å². The van der Waals surface area contributed by atoms with Crippen LogP contribution in [0.1, 0.15) is 64.4 Å². The Morgan fingerprint density at radius 2 is 2.06 bits per heavy atom.